The maximum Gasteiger partial charge on any atom is 0.0468 e. The minimum atomic E-state index is 0.251. The normalized spacial score (nSPS) is 17.1. The molecule has 1 aliphatic rings. The van der Waals surface area contributed by atoms with Crippen molar-refractivity contribution >= 4 is 5.69 Å². The SMILES string of the molecule is CC(CO)CNCc1ccc(N2CCCC2)cc1. The van der Waals surface area contributed by atoms with E-state index < -0.39 is 0 Å². The van der Waals surface area contributed by atoms with Crippen molar-refractivity contribution in [2.75, 3.05) is 31.1 Å². The molecule has 0 saturated carbocycles. The van der Waals surface area contributed by atoms with Crippen LogP contribution < -0.4 is 10.2 Å². The molecule has 1 heterocycles. The van der Waals surface area contributed by atoms with Crippen LogP contribution in [0.15, 0.2) is 24.3 Å². The largest absolute Gasteiger partial charge is 0.396 e. The van der Waals surface area contributed by atoms with Gasteiger partial charge in [0.1, 0.15) is 0 Å². The highest BCUT2D eigenvalue weighted by Gasteiger charge is 2.11. The Kier molecular flexibility index (Phi) is 5.02. The molecule has 2 N–H and O–H groups in total. The maximum absolute atomic E-state index is 8.94. The summed E-state index contributed by atoms with van der Waals surface area (Å²) in [4.78, 5) is 2.45. The van der Waals surface area contributed by atoms with Gasteiger partial charge in [-0.2, -0.15) is 0 Å². The average Bonchev–Trinajstić information content (AvgIpc) is 2.93. The number of aliphatic hydroxyl groups is 1. The standard InChI is InChI=1S/C15H24N2O/c1-13(12-18)10-16-11-14-4-6-15(7-5-14)17-8-2-3-9-17/h4-7,13,16,18H,2-3,8-12H2,1H3. The minimum absolute atomic E-state index is 0.251. The van der Waals surface area contributed by atoms with Gasteiger partial charge in [-0.05, 0) is 36.5 Å². The van der Waals surface area contributed by atoms with Gasteiger partial charge in [-0.1, -0.05) is 19.1 Å². The average molecular weight is 248 g/mol. The first-order chi connectivity index (χ1) is 8.79. The first-order valence-electron chi connectivity index (χ1n) is 6.95. The summed E-state index contributed by atoms with van der Waals surface area (Å²) in [5.74, 6) is 0.328. The van der Waals surface area contributed by atoms with E-state index in [2.05, 4.69) is 34.5 Å². The van der Waals surface area contributed by atoms with Crippen molar-refractivity contribution in [1.82, 2.24) is 5.32 Å². The smallest absolute Gasteiger partial charge is 0.0468 e. The van der Waals surface area contributed by atoms with Gasteiger partial charge in [0, 0.05) is 38.5 Å². The Labute approximate surface area is 110 Å². The van der Waals surface area contributed by atoms with Crippen LogP contribution in [0.5, 0.6) is 0 Å². The van der Waals surface area contributed by atoms with Gasteiger partial charge < -0.3 is 15.3 Å². The summed E-state index contributed by atoms with van der Waals surface area (Å²) < 4.78 is 0. The van der Waals surface area contributed by atoms with Crippen LogP contribution in [0.3, 0.4) is 0 Å². The zero-order chi connectivity index (χ0) is 12.8. The second-order valence-electron chi connectivity index (χ2n) is 5.28. The highest BCUT2D eigenvalue weighted by atomic mass is 16.3. The fourth-order valence-corrected chi connectivity index (χ4v) is 2.33. The van der Waals surface area contributed by atoms with E-state index in [1.165, 1.54) is 37.2 Å². The van der Waals surface area contributed by atoms with Crippen LogP contribution in [0.4, 0.5) is 5.69 Å². The van der Waals surface area contributed by atoms with Crippen LogP contribution in [-0.2, 0) is 6.54 Å². The van der Waals surface area contributed by atoms with E-state index in [-0.39, 0.29) is 6.61 Å². The summed E-state index contributed by atoms with van der Waals surface area (Å²) in [6.45, 7) is 6.44. The van der Waals surface area contributed by atoms with Gasteiger partial charge in [0.15, 0.2) is 0 Å². The maximum atomic E-state index is 8.94. The van der Waals surface area contributed by atoms with Crippen LogP contribution >= 0.6 is 0 Å². The summed E-state index contributed by atoms with van der Waals surface area (Å²) >= 11 is 0. The van der Waals surface area contributed by atoms with Crippen molar-refractivity contribution in [2.24, 2.45) is 5.92 Å². The zero-order valence-corrected chi connectivity index (χ0v) is 11.2. The molecule has 1 aliphatic heterocycles. The van der Waals surface area contributed by atoms with E-state index in [1.807, 2.05) is 6.92 Å². The number of hydrogen-bond acceptors (Lipinski definition) is 3. The third kappa shape index (κ3) is 3.72. The molecule has 100 valence electrons. The highest BCUT2D eigenvalue weighted by Crippen LogP contribution is 2.20. The van der Waals surface area contributed by atoms with Crippen molar-refractivity contribution in [3.63, 3.8) is 0 Å². The molecular formula is C15H24N2O. The van der Waals surface area contributed by atoms with Gasteiger partial charge in [0.05, 0.1) is 0 Å². The summed E-state index contributed by atoms with van der Waals surface area (Å²) in [5.41, 5.74) is 2.66. The molecule has 1 unspecified atom stereocenters. The lowest BCUT2D eigenvalue weighted by Crippen LogP contribution is -2.22. The van der Waals surface area contributed by atoms with E-state index in [9.17, 15) is 0 Å². The molecule has 1 saturated heterocycles. The Morgan fingerprint density at radius 1 is 1.22 bits per heavy atom. The molecule has 1 atom stereocenters. The predicted molar refractivity (Wildman–Crippen MR) is 75.8 cm³/mol. The van der Waals surface area contributed by atoms with Gasteiger partial charge in [-0.25, -0.2) is 0 Å². The van der Waals surface area contributed by atoms with Gasteiger partial charge in [-0.15, -0.1) is 0 Å². The lowest BCUT2D eigenvalue weighted by molar-refractivity contribution is 0.233. The molecule has 0 aromatic heterocycles. The monoisotopic (exact) mass is 248 g/mol. The first kappa shape index (κ1) is 13.4. The van der Waals surface area contributed by atoms with Crippen LogP contribution in [-0.4, -0.2) is 31.3 Å². The Morgan fingerprint density at radius 3 is 2.50 bits per heavy atom. The lowest BCUT2D eigenvalue weighted by atomic mass is 10.1. The molecule has 3 heteroatoms. The summed E-state index contributed by atoms with van der Waals surface area (Å²) in [7, 11) is 0. The van der Waals surface area contributed by atoms with E-state index in [4.69, 9.17) is 5.11 Å². The van der Waals surface area contributed by atoms with Crippen molar-refractivity contribution in [2.45, 2.75) is 26.3 Å². The summed E-state index contributed by atoms with van der Waals surface area (Å²) in [6, 6.07) is 8.84. The lowest BCUT2D eigenvalue weighted by Gasteiger charge is -2.18. The highest BCUT2D eigenvalue weighted by molar-refractivity contribution is 5.48. The Hall–Kier alpha value is -1.06. The van der Waals surface area contributed by atoms with Crippen LogP contribution in [0.1, 0.15) is 25.3 Å². The molecule has 0 spiro atoms. The van der Waals surface area contributed by atoms with E-state index in [0.29, 0.717) is 5.92 Å². The number of rotatable bonds is 6. The van der Waals surface area contributed by atoms with Gasteiger partial charge in [-0.3, -0.25) is 0 Å². The molecule has 0 bridgehead atoms. The van der Waals surface area contributed by atoms with E-state index >= 15 is 0 Å². The van der Waals surface area contributed by atoms with Crippen LogP contribution in [0.25, 0.3) is 0 Å². The van der Waals surface area contributed by atoms with Crippen molar-refractivity contribution in [3.05, 3.63) is 29.8 Å². The number of nitrogens with one attached hydrogen (secondary N) is 1. The van der Waals surface area contributed by atoms with Gasteiger partial charge in [0.2, 0.25) is 0 Å². The fourth-order valence-electron chi connectivity index (χ4n) is 2.33. The topological polar surface area (TPSA) is 35.5 Å². The molecule has 2 rings (SSSR count). The molecule has 1 aromatic carbocycles. The Balaban J connectivity index is 1.80. The van der Waals surface area contributed by atoms with Gasteiger partial charge in [0.25, 0.3) is 0 Å². The van der Waals surface area contributed by atoms with E-state index in [1.54, 1.807) is 0 Å². The fraction of sp³-hybridized carbons (Fsp3) is 0.600. The second kappa shape index (κ2) is 6.76. The molecule has 0 amide bonds. The molecule has 0 aliphatic carbocycles. The number of anilines is 1. The van der Waals surface area contributed by atoms with Crippen molar-refractivity contribution in [3.8, 4) is 0 Å². The van der Waals surface area contributed by atoms with Crippen molar-refractivity contribution in [1.29, 1.82) is 0 Å². The quantitative estimate of drug-likeness (QED) is 0.808. The Morgan fingerprint density at radius 2 is 1.89 bits per heavy atom. The van der Waals surface area contributed by atoms with E-state index in [0.717, 1.165) is 13.1 Å². The number of hydrogen-bond donors (Lipinski definition) is 2. The molecule has 0 radical (unpaired) electrons. The molecule has 3 nitrogen and oxygen atoms in total. The third-order valence-corrected chi connectivity index (χ3v) is 3.54. The predicted octanol–water partition coefficient (Wildman–Crippen LogP) is 2.00. The third-order valence-electron chi connectivity index (χ3n) is 3.54. The van der Waals surface area contributed by atoms with Crippen LogP contribution in [0.2, 0.25) is 0 Å². The molecular weight excluding hydrogens is 224 g/mol. The van der Waals surface area contributed by atoms with Gasteiger partial charge >= 0.3 is 0 Å². The minimum Gasteiger partial charge on any atom is -0.396 e. The first-order valence-corrected chi connectivity index (χ1v) is 6.95. The number of benzene rings is 1. The van der Waals surface area contributed by atoms with Crippen LogP contribution in [0, 0.1) is 5.92 Å². The number of nitrogens with zero attached hydrogens (tertiary/aromatic N) is 1. The summed E-state index contributed by atoms with van der Waals surface area (Å²) in [6.07, 6.45) is 2.64. The molecule has 1 aromatic rings. The summed E-state index contributed by atoms with van der Waals surface area (Å²) in [5, 5.41) is 12.3. The van der Waals surface area contributed by atoms with Crippen molar-refractivity contribution < 1.29 is 5.11 Å². The molecule has 1 fully saturated rings. The second-order valence-corrected chi connectivity index (χ2v) is 5.28. The Bertz CT molecular complexity index is 344. The molecule has 18 heavy (non-hydrogen) atoms. The zero-order valence-electron chi connectivity index (χ0n) is 11.2. The number of aliphatic hydroxyl groups excluding tert-OH is 1.